The number of nitrogens with zero attached hydrogens (tertiary/aromatic N) is 1. The zero-order chi connectivity index (χ0) is 9.84. The Labute approximate surface area is 78.3 Å². The van der Waals surface area contributed by atoms with Gasteiger partial charge in [0.1, 0.15) is 6.04 Å². The zero-order valence-electron chi connectivity index (χ0n) is 8.17. The third-order valence-corrected chi connectivity index (χ3v) is 2.42. The number of amides is 2. The molecule has 0 aromatic heterocycles. The molecule has 74 valence electrons. The van der Waals surface area contributed by atoms with E-state index in [0.717, 1.165) is 19.4 Å². The van der Waals surface area contributed by atoms with E-state index in [9.17, 15) is 9.59 Å². The monoisotopic (exact) mass is 184 g/mol. The van der Waals surface area contributed by atoms with Gasteiger partial charge in [0.25, 0.3) is 0 Å². The molecule has 0 aliphatic carbocycles. The molecule has 0 aromatic carbocycles. The summed E-state index contributed by atoms with van der Waals surface area (Å²) < 4.78 is 0. The molecule has 2 amide bonds. The van der Waals surface area contributed by atoms with Gasteiger partial charge in [0.15, 0.2) is 0 Å². The second kappa shape index (κ2) is 4.25. The Hall–Kier alpha value is -1.06. The molecule has 0 radical (unpaired) electrons. The minimum atomic E-state index is -0.225. The lowest BCUT2D eigenvalue weighted by molar-refractivity contribution is -0.138. The summed E-state index contributed by atoms with van der Waals surface area (Å²) in [5, 5.41) is 2.58. The molecular formula is C9H16N2O2. The molecule has 0 spiro atoms. The van der Waals surface area contributed by atoms with E-state index in [-0.39, 0.29) is 17.9 Å². The molecule has 0 bridgehead atoms. The lowest BCUT2D eigenvalue weighted by atomic mass is 10.2. The van der Waals surface area contributed by atoms with Gasteiger partial charge >= 0.3 is 0 Å². The van der Waals surface area contributed by atoms with Crippen molar-refractivity contribution < 1.29 is 9.59 Å². The molecule has 1 aliphatic heterocycles. The zero-order valence-corrected chi connectivity index (χ0v) is 8.17. The quantitative estimate of drug-likeness (QED) is 0.663. The SMILES string of the molecule is CCC(=O)N1CCC[C@H]1C(=O)NC. The number of carbonyl (C=O) groups excluding carboxylic acids is 2. The predicted octanol–water partition coefficient (Wildman–Crippen LogP) is 0.133. The summed E-state index contributed by atoms with van der Waals surface area (Å²) in [6.07, 6.45) is 2.21. The van der Waals surface area contributed by atoms with Gasteiger partial charge in [-0.3, -0.25) is 9.59 Å². The first-order chi connectivity index (χ1) is 6.20. The van der Waals surface area contributed by atoms with Gasteiger partial charge in [-0.25, -0.2) is 0 Å². The van der Waals surface area contributed by atoms with Crippen molar-refractivity contribution in [3.63, 3.8) is 0 Å². The molecule has 0 saturated carbocycles. The van der Waals surface area contributed by atoms with Crippen molar-refractivity contribution in [2.45, 2.75) is 32.2 Å². The van der Waals surface area contributed by atoms with Crippen molar-refractivity contribution in [1.82, 2.24) is 10.2 Å². The summed E-state index contributed by atoms with van der Waals surface area (Å²) in [5.74, 6) is 0.0328. The summed E-state index contributed by atoms with van der Waals surface area (Å²) >= 11 is 0. The van der Waals surface area contributed by atoms with Crippen molar-refractivity contribution >= 4 is 11.8 Å². The van der Waals surface area contributed by atoms with Crippen molar-refractivity contribution in [2.75, 3.05) is 13.6 Å². The van der Waals surface area contributed by atoms with E-state index in [0.29, 0.717) is 6.42 Å². The van der Waals surface area contributed by atoms with Crippen molar-refractivity contribution in [3.8, 4) is 0 Å². The van der Waals surface area contributed by atoms with Crippen LogP contribution < -0.4 is 5.32 Å². The number of nitrogens with one attached hydrogen (secondary N) is 1. The van der Waals surface area contributed by atoms with E-state index >= 15 is 0 Å². The molecule has 0 aromatic rings. The predicted molar refractivity (Wildman–Crippen MR) is 49.1 cm³/mol. The maximum absolute atomic E-state index is 11.4. The summed E-state index contributed by atoms with van der Waals surface area (Å²) in [4.78, 5) is 24.4. The highest BCUT2D eigenvalue weighted by Crippen LogP contribution is 2.17. The van der Waals surface area contributed by atoms with Crippen LogP contribution in [0.15, 0.2) is 0 Å². The standard InChI is InChI=1S/C9H16N2O2/c1-3-8(12)11-6-4-5-7(11)9(13)10-2/h7H,3-6H2,1-2H3,(H,10,13)/t7-/m0/s1. The van der Waals surface area contributed by atoms with Crippen molar-refractivity contribution in [2.24, 2.45) is 0 Å². The highest BCUT2D eigenvalue weighted by molar-refractivity contribution is 5.87. The molecule has 0 unspecified atom stereocenters. The molecule has 4 nitrogen and oxygen atoms in total. The molecule has 1 aliphatic rings. The number of carbonyl (C=O) groups is 2. The molecule has 4 heteroatoms. The van der Waals surface area contributed by atoms with E-state index in [1.165, 1.54) is 0 Å². The second-order valence-corrected chi connectivity index (χ2v) is 3.21. The second-order valence-electron chi connectivity index (χ2n) is 3.21. The summed E-state index contributed by atoms with van der Waals surface area (Å²) in [5.41, 5.74) is 0. The average Bonchev–Trinajstić information content (AvgIpc) is 2.63. The number of likely N-dealkylation sites (N-methyl/N-ethyl adjacent to an activating group) is 1. The fraction of sp³-hybridized carbons (Fsp3) is 0.778. The Bertz CT molecular complexity index is 194. The smallest absolute Gasteiger partial charge is 0.242 e. The molecular weight excluding hydrogens is 168 g/mol. The molecule has 13 heavy (non-hydrogen) atoms. The summed E-state index contributed by atoms with van der Waals surface area (Å²) in [6, 6.07) is -0.225. The first-order valence-corrected chi connectivity index (χ1v) is 4.71. The normalized spacial score (nSPS) is 21.7. The third-order valence-electron chi connectivity index (χ3n) is 2.42. The van der Waals surface area contributed by atoms with Crippen LogP contribution in [0.3, 0.4) is 0 Å². The van der Waals surface area contributed by atoms with Gasteiger partial charge in [0.05, 0.1) is 0 Å². The minimum Gasteiger partial charge on any atom is -0.357 e. The van der Waals surface area contributed by atoms with Crippen molar-refractivity contribution in [1.29, 1.82) is 0 Å². The van der Waals surface area contributed by atoms with Crippen LogP contribution >= 0.6 is 0 Å². The van der Waals surface area contributed by atoms with Crippen LogP contribution in [0.4, 0.5) is 0 Å². The maximum Gasteiger partial charge on any atom is 0.242 e. The Balaban J connectivity index is 2.63. The minimum absolute atomic E-state index is 0.0423. The van der Waals surface area contributed by atoms with E-state index in [4.69, 9.17) is 0 Å². The first kappa shape index (κ1) is 10.0. The van der Waals surface area contributed by atoms with Gasteiger partial charge in [0.2, 0.25) is 11.8 Å². The highest BCUT2D eigenvalue weighted by Gasteiger charge is 2.32. The topological polar surface area (TPSA) is 49.4 Å². The first-order valence-electron chi connectivity index (χ1n) is 4.71. The lowest BCUT2D eigenvalue weighted by Gasteiger charge is -2.22. The van der Waals surface area contributed by atoms with Gasteiger partial charge in [-0.15, -0.1) is 0 Å². The van der Waals surface area contributed by atoms with Crippen LogP contribution in [0.25, 0.3) is 0 Å². The fourth-order valence-corrected chi connectivity index (χ4v) is 1.71. The summed E-state index contributed by atoms with van der Waals surface area (Å²) in [7, 11) is 1.61. The van der Waals surface area contributed by atoms with Gasteiger partial charge in [-0.05, 0) is 12.8 Å². The van der Waals surface area contributed by atoms with E-state index in [2.05, 4.69) is 5.32 Å². The van der Waals surface area contributed by atoms with Crippen LogP contribution in [0.2, 0.25) is 0 Å². The van der Waals surface area contributed by atoms with Crippen LogP contribution in [0.5, 0.6) is 0 Å². The van der Waals surface area contributed by atoms with Gasteiger partial charge < -0.3 is 10.2 Å². The largest absolute Gasteiger partial charge is 0.357 e. The molecule has 1 N–H and O–H groups in total. The molecule has 1 saturated heterocycles. The average molecular weight is 184 g/mol. The van der Waals surface area contributed by atoms with Gasteiger partial charge in [-0.2, -0.15) is 0 Å². The van der Waals surface area contributed by atoms with Crippen LogP contribution in [-0.4, -0.2) is 36.3 Å². The van der Waals surface area contributed by atoms with E-state index < -0.39 is 0 Å². The lowest BCUT2D eigenvalue weighted by Crippen LogP contribution is -2.44. The molecule has 1 fully saturated rings. The maximum atomic E-state index is 11.4. The van der Waals surface area contributed by atoms with E-state index in [1.807, 2.05) is 6.92 Å². The number of rotatable bonds is 2. The Kier molecular flexibility index (Phi) is 3.28. The molecule has 1 heterocycles. The van der Waals surface area contributed by atoms with Crippen molar-refractivity contribution in [3.05, 3.63) is 0 Å². The van der Waals surface area contributed by atoms with Crippen LogP contribution in [0, 0.1) is 0 Å². The number of likely N-dealkylation sites (tertiary alicyclic amines) is 1. The van der Waals surface area contributed by atoms with E-state index in [1.54, 1.807) is 11.9 Å². The van der Waals surface area contributed by atoms with Crippen LogP contribution in [-0.2, 0) is 9.59 Å². The van der Waals surface area contributed by atoms with Gasteiger partial charge in [-0.1, -0.05) is 6.92 Å². The molecule has 1 rings (SSSR count). The fourth-order valence-electron chi connectivity index (χ4n) is 1.71. The van der Waals surface area contributed by atoms with Gasteiger partial charge in [0, 0.05) is 20.0 Å². The highest BCUT2D eigenvalue weighted by atomic mass is 16.2. The Morgan fingerprint density at radius 2 is 2.23 bits per heavy atom. The Morgan fingerprint density at radius 3 is 2.77 bits per heavy atom. The molecule has 1 atom stereocenters. The Morgan fingerprint density at radius 1 is 1.54 bits per heavy atom. The third kappa shape index (κ3) is 1.99. The number of hydrogen-bond acceptors (Lipinski definition) is 2. The van der Waals surface area contributed by atoms with Crippen LogP contribution in [0.1, 0.15) is 26.2 Å². The summed E-state index contributed by atoms with van der Waals surface area (Å²) in [6.45, 7) is 2.55. The number of hydrogen-bond donors (Lipinski definition) is 1.